The molecule has 1 heterocycles. The van der Waals surface area contributed by atoms with Crippen LogP contribution in [0.1, 0.15) is 22.9 Å². The number of ether oxygens (including phenoxy) is 1. The first-order valence-electron chi connectivity index (χ1n) is 6.26. The molecule has 0 bridgehead atoms. The second-order valence-corrected chi connectivity index (χ2v) is 4.55. The Morgan fingerprint density at radius 1 is 1.30 bits per heavy atom. The summed E-state index contributed by atoms with van der Waals surface area (Å²) in [5.41, 5.74) is 2.12. The van der Waals surface area contributed by atoms with E-state index in [0.29, 0.717) is 17.9 Å². The summed E-state index contributed by atoms with van der Waals surface area (Å²) in [7, 11) is 1.58. The summed E-state index contributed by atoms with van der Waals surface area (Å²) in [6, 6.07) is 10.8. The molecule has 0 saturated heterocycles. The van der Waals surface area contributed by atoms with E-state index in [0.717, 1.165) is 11.3 Å². The van der Waals surface area contributed by atoms with E-state index >= 15 is 0 Å². The van der Waals surface area contributed by atoms with Crippen LogP contribution in [0.5, 0.6) is 5.75 Å². The topological polar surface area (TPSA) is 72.3 Å². The van der Waals surface area contributed by atoms with Gasteiger partial charge in [-0.05, 0) is 43.2 Å². The van der Waals surface area contributed by atoms with Crippen LogP contribution >= 0.6 is 0 Å². The molecule has 0 aliphatic carbocycles. The fourth-order valence-corrected chi connectivity index (χ4v) is 1.95. The molecule has 2 aromatic rings. The van der Waals surface area contributed by atoms with E-state index in [1.54, 1.807) is 19.2 Å². The number of aryl methyl sites for hydroxylation is 1. The third kappa shape index (κ3) is 3.32. The smallest absolute Gasteiger partial charge is 0.313 e. The van der Waals surface area contributed by atoms with Gasteiger partial charge in [-0.15, -0.1) is 0 Å². The van der Waals surface area contributed by atoms with Gasteiger partial charge in [0.25, 0.3) is 0 Å². The molecular weight excluding hydrogens is 256 g/mol. The van der Waals surface area contributed by atoms with Crippen LogP contribution in [0.4, 0.5) is 0 Å². The van der Waals surface area contributed by atoms with Gasteiger partial charge in [-0.25, -0.2) is 0 Å². The van der Waals surface area contributed by atoms with Crippen molar-refractivity contribution in [3.8, 4) is 5.75 Å². The largest absolute Gasteiger partial charge is 0.497 e. The summed E-state index contributed by atoms with van der Waals surface area (Å²) < 4.78 is 5.14. The molecule has 1 atom stereocenters. The molecule has 5 nitrogen and oxygen atoms in total. The Labute approximate surface area is 117 Å². The van der Waals surface area contributed by atoms with Crippen molar-refractivity contribution in [1.82, 2.24) is 10.2 Å². The summed E-state index contributed by atoms with van der Waals surface area (Å²) in [5.74, 6) is -0.914. The van der Waals surface area contributed by atoms with E-state index in [9.17, 15) is 9.90 Å². The lowest BCUT2D eigenvalue weighted by Crippen LogP contribution is -2.16. The summed E-state index contributed by atoms with van der Waals surface area (Å²) >= 11 is 0. The van der Waals surface area contributed by atoms with Gasteiger partial charge in [0.1, 0.15) is 11.7 Å². The molecule has 0 saturated carbocycles. The minimum absolute atomic E-state index is 0.351. The Morgan fingerprint density at radius 2 is 2.10 bits per heavy atom. The molecule has 1 unspecified atom stereocenters. The van der Waals surface area contributed by atoms with Crippen molar-refractivity contribution in [1.29, 1.82) is 0 Å². The van der Waals surface area contributed by atoms with Crippen LogP contribution in [0.25, 0.3) is 0 Å². The Kier molecular flexibility index (Phi) is 4.30. The van der Waals surface area contributed by atoms with Gasteiger partial charge in [0.15, 0.2) is 0 Å². The lowest BCUT2D eigenvalue weighted by atomic mass is 9.96. The van der Waals surface area contributed by atoms with Gasteiger partial charge < -0.3 is 9.84 Å². The number of carboxylic acid groups (broad SMARTS) is 1. The van der Waals surface area contributed by atoms with E-state index in [4.69, 9.17) is 4.74 Å². The molecule has 0 aliphatic rings. The number of carbonyl (C=O) groups is 1. The van der Waals surface area contributed by atoms with Gasteiger partial charge in [-0.1, -0.05) is 12.1 Å². The van der Waals surface area contributed by atoms with E-state index in [1.807, 2.05) is 31.2 Å². The van der Waals surface area contributed by atoms with Crippen molar-refractivity contribution in [2.24, 2.45) is 0 Å². The molecule has 20 heavy (non-hydrogen) atoms. The molecule has 5 heteroatoms. The molecule has 2 rings (SSSR count). The lowest BCUT2D eigenvalue weighted by Gasteiger charge is -2.12. The van der Waals surface area contributed by atoms with Crippen LogP contribution in [0.3, 0.4) is 0 Å². The van der Waals surface area contributed by atoms with Crippen LogP contribution in [0.2, 0.25) is 0 Å². The van der Waals surface area contributed by atoms with Crippen LogP contribution < -0.4 is 4.74 Å². The van der Waals surface area contributed by atoms with E-state index in [-0.39, 0.29) is 0 Å². The highest BCUT2D eigenvalue weighted by Crippen LogP contribution is 2.22. The lowest BCUT2D eigenvalue weighted by molar-refractivity contribution is -0.138. The minimum Gasteiger partial charge on any atom is -0.497 e. The first kappa shape index (κ1) is 14.0. The number of benzene rings is 1. The van der Waals surface area contributed by atoms with Gasteiger partial charge in [0, 0.05) is 0 Å². The monoisotopic (exact) mass is 272 g/mol. The number of hydrogen-bond donors (Lipinski definition) is 1. The SMILES string of the molecule is COc1cccc(CC(C(=O)O)c2ccc(C)nn2)c1. The molecule has 1 aromatic carbocycles. The number of methoxy groups -OCH3 is 1. The average Bonchev–Trinajstić information content (AvgIpc) is 2.46. The molecule has 1 N–H and O–H groups in total. The zero-order valence-electron chi connectivity index (χ0n) is 11.4. The molecular formula is C15H16N2O3. The zero-order valence-corrected chi connectivity index (χ0v) is 11.4. The predicted octanol–water partition coefficient (Wildman–Crippen LogP) is 2.20. The number of rotatable bonds is 5. The van der Waals surface area contributed by atoms with Crippen LogP contribution in [-0.2, 0) is 11.2 Å². The normalized spacial score (nSPS) is 11.9. The van der Waals surface area contributed by atoms with Crippen molar-refractivity contribution < 1.29 is 14.6 Å². The molecule has 104 valence electrons. The Hall–Kier alpha value is -2.43. The highest BCUT2D eigenvalue weighted by atomic mass is 16.5. The highest BCUT2D eigenvalue weighted by Gasteiger charge is 2.22. The maximum Gasteiger partial charge on any atom is 0.313 e. The van der Waals surface area contributed by atoms with Crippen LogP contribution in [-0.4, -0.2) is 28.4 Å². The van der Waals surface area contributed by atoms with Crippen molar-refractivity contribution >= 4 is 5.97 Å². The zero-order chi connectivity index (χ0) is 14.5. The summed E-state index contributed by atoms with van der Waals surface area (Å²) in [5, 5.41) is 17.3. The number of hydrogen-bond acceptors (Lipinski definition) is 4. The standard InChI is InChI=1S/C15H16N2O3/c1-10-6-7-14(17-16-10)13(15(18)19)9-11-4-3-5-12(8-11)20-2/h3-8,13H,9H2,1-2H3,(H,18,19). The minimum atomic E-state index is -0.911. The third-order valence-electron chi connectivity index (χ3n) is 3.05. The highest BCUT2D eigenvalue weighted by molar-refractivity contribution is 5.75. The van der Waals surface area contributed by atoms with Crippen molar-refractivity contribution in [3.05, 3.63) is 53.3 Å². The second kappa shape index (κ2) is 6.14. The number of carboxylic acids is 1. The molecule has 0 radical (unpaired) electrons. The fourth-order valence-electron chi connectivity index (χ4n) is 1.95. The maximum absolute atomic E-state index is 11.4. The summed E-state index contributed by atoms with van der Waals surface area (Å²) in [4.78, 5) is 11.4. The van der Waals surface area contributed by atoms with Gasteiger partial charge in [0.05, 0.1) is 18.5 Å². The van der Waals surface area contributed by atoms with Crippen LogP contribution in [0, 0.1) is 6.92 Å². The molecule has 0 fully saturated rings. The molecule has 0 aliphatic heterocycles. The third-order valence-corrected chi connectivity index (χ3v) is 3.05. The average molecular weight is 272 g/mol. The number of aliphatic carboxylic acids is 1. The van der Waals surface area contributed by atoms with Gasteiger partial charge in [-0.3, -0.25) is 4.79 Å². The Bertz CT molecular complexity index is 596. The molecule has 0 spiro atoms. The fraction of sp³-hybridized carbons (Fsp3) is 0.267. The predicted molar refractivity (Wildman–Crippen MR) is 73.8 cm³/mol. The second-order valence-electron chi connectivity index (χ2n) is 4.55. The first-order valence-corrected chi connectivity index (χ1v) is 6.26. The first-order chi connectivity index (χ1) is 9.60. The molecule has 1 aromatic heterocycles. The summed E-state index contributed by atoms with van der Waals surface area (Å²) in [6.07, 6.45) is 0.351. The van der Waals surface area contributed by atoms with Crippen molar-refractivity contribution in [3.63, 3.8) is 0 Å². The van der Waals surface area contributed by atoms with Crippen molar-refractivity contribution in [2.75, 3.05) is 7.11 Å². The Morgan fingerprint density at radius 3 is 2.70 bits per heavy atom. The van der Waals surface area contributed by atoms with Gasteiger partial charge in [0.2, 0.25) is 0 Å². The van der Waals surface area contributed by atoms with E-state index < -0.39 is 11.9 Å². The van der Waals surface area contributed by atoms with Crippen LogP contribution in [0.15, 0.2) is 36.4 Å². The molecule has 0 amide bonds. The van der Waals surface area contributed by atoms with E-state index in [2.05, 4.69) is 10.2 Å². The van der Waals surface area contributed by atoms with E-state index in [1.165, 1.54) is 0 Å². The van der Waals surface area contributed by atoms with Gasteiger partial charge in [-0.2, -0.15) is 10.2 Å². The quantitative estimate of drug-likeness (QED) is 0.903. The number of aromatic nitrogens is 2. The Balaban J connectivity index is 2.25. The van der Waals surface area contributed by atoms with Gasteiger partial charge >= 0.3 is 5.97 Å². The summed E-state index contributed by atoms with van der Waals surface area (Å²) in [6.45, 7) is 1.81. The van der Waals surface area contributed by atoms with Crippen molar-refractivity contribution in [2.45, 2.75) is 19.3 Å². The number of nitrogens with zero attached hydrogens (tertiary/aromatic N) is 2. The maximum atomic E-state index is 11.4.